The van der Waals surface area contributed by atoms with Crippen molar-refractivity contribution in [2.75, 3.05) is 7.11 Å². The first kappa shape index (κ1) is 20.7. The van der Waals surface area contributed by atoms with E-state index >= 15 is 0 Å². The molecule has 33 heavy (non-hydrogen) atoms. The molecule has 0 fully saturated rings. The highest BCUT2D eigenvalue weighted by atomic mass is 35.5. The Morgan fingerprint density at radius 3 is 2.79 bits per heavy atom. The van der Waals surface area contributed by atoms with Crippen LogP contribution in [0.5, 0.6) is 11.5 Å². The molecule has 0 radical (unpaired) electrons. The Bertz CT molecular complexity index is 1520. The molecule has 2 N–H and O–H groups in total. The van der Waals surface area contributed by atoms with Crippen LogP contribution >= 0.6 is 11.6 Å². The highest BCUT2D eigenvalue weighted by Gasteiger charge is 2.13. The number of amides is 1. The summed E-state index contributed by atoms with van der Waals surface area (Å²) in [6.07, 6.45) is 4.89. The van der Waals surface area contributed by atoms with Gasteiger partial charge >= 0.3 is 0 Å². The maximum Gasteiger partial charge on any atom is 0.251 e. The number of methoxy groups -OCH3 is 1. The summed E-state index contributed by atoms with van der Waals surface area (Å²) in [5.74, 6) is 1.37. The van der Waals surface area contributed by atoms with E-state index in [9.17, 15) is 4.79 Å². The lowest BCUT2D eigenvalue weighted by Crippen LogP contribution is -2.12. The predicted octanol–water partition coefficient (Wildman–Crippen LogP) is 3.68. The van der Waals surface area contributed by atoms with E-state index < -0.39 is 5.91 Å². The molecule has 164 valence electrons. The number of primary amides is 1. The van der Waals surface area contributed by atoms with Gasteiger partial charge in [0.05, 0.1) is 28.9 Å². The third-order valence-electron chi connectivity index (χ3n) is 5.15. The first-order valence-electron chi connectivity index (χ1n) is 9.88. The number of rotatable bonds is 6. The van der Waals surface area contributed by atoms with E-state index in [1.54, 1.807) is 25.4 Å². The largest absolute Gasteiger partial charge is 0.497 e. The average Bonchev–Trinajstić information content (AvgIpc) is 3.24. The van der Waals surface area contributed by atoms with Crippen molar-refractivity contribution in [3.63, 3.8) is 0 Å². The molecule has 9 nitrogen and oxygen atoms in total. The Labute approximate surface area is 192 Å². The number of fused-ring (bicyclic) bond motifs is 2. The first-order chi connectivity index (χ1) is 16.0. The molecule has 1 amide bonds. The molecule has 0 aliphatic rings. The molecule has 5 aromatic rings. The summed E-state index contributed by atoms with van der Waals surface area (Å²) in [5.41, 5.74) is 8.25. The van der Waals surface area contributed by atoms with Crippen LogP contribution in [0.2, 0.25) is 5.02 Å². The number of carbonyl (C=O) groups excluding carboxylic acids is 1. The molecule has 0 unspecified atom stereocenters. The zero-order valence-corrected chi connectivity index (χ0v) is 18.2. The van der Waals surface area contributed by atoms with Crippen LogP contribution in [0.25, 0.3) is 27.8 Å². The summed E-state index contributed by atoms with van der Waals surface area (Å²) in [6.45, 7) is 0.185. The number of benzene rings is 1. The van der Waals surface area contributed by atoms with Crippen molar-refractivity contribution in [3.05, 3.63) is 77.5 Å². The molecule has 0 atom stereocenters. The average molecular weight is 461 g/mol. The van der Waals surface area contributed by atoms with Crippen LogP contribution in [0.1, 0.15) is 16.2 Å². The van der Waals surface area contributed by atoms with Gasteiger partial charge in [0, 0.05) is 35.6 Å². The van der Waals surface area contributed by atoms with Gasteiger partial charge in [0.2, 0.25) is 0 Å². The van der Waals surface area contributed by atoms with Crippen LogP contribution in [0.4, 0.5) is 0 Å². The molecule has 0 bridgehead atoms. The Balaban J connectivity index is 1.45. The van der Waals surface area contributed by atoms with Crippen molar-refractivity contribution in [1.82, 2.24) is 24.6 Å². The van der Waals surface area contributed by atoms with Gasteiger partial charge in [-0.1, -0.05) is 11.6 Å². The molecule has 4 aromatic heterocycles. The van der Waals surface area contributed by atoms with E-state index in [-0.39, 0.29) is 17.2 Å². The third kappa shape index (κ3) is 3.90. The fourth-order valence-corrected chi connectivity index (χ4v) is 3.70. The number of aromatic nitrogens is 5. The molecule has 0 saturated carbocycles. The van der Waals surface area contributed by atoms with Crippen molar-refractivity contribution >= 4 is 34.1 Å². The highest BCUT2D eigenvalue weighted by Crippen LogP contribution is 2.28. The summed E-state index contributed by atoms with van der Waals surface area (Å²) < 4.78 is 13.1. The Kier molecular flexibility index (Phi) is 5.23. The van der Waals surface area contributed by atoms with Crippen molar-refractivity contribution < 1.29 is 14.3 Å². The number of carbonyl (C=O) groups is 1. The normalized spacial score (nSPS) is 11.1. The molecule has 0 aliphatic carbocycles. The van der Waals surface area contributed by atoms with E-state index in [2.05, 4.69) is 20.2 Å². The number of pyridine rings is 3. The van der Waals surface area contributed by atoms with Crippen LogP contribution in [-0.4, -0.2) is 37.6 Å². The van der Waals surface area contributed by atoms with Crippen molar-refractivity contribution in [2.45, 2.75) is 6.61 Å². The molecule has 1 aromatic carbocycles. The lowest BCUT2D eigenvalue weighted by molar-refractivity contribution is 0.1000. The SMILES string of the molecule is COc1ccc2c(OCc3nnc4ccc(-c5cc(Cl)c(C(N)=O)cn5)cn34)ccnc2c1. The van der Waals surface area contributed by atoms with Gasteiger partial charge in [-0.05, 0) is 36.4 Å². The number of hydrogen-bond donors (Lipinski definition) is 1. The van der Waals surface area contributed by atoms with Crippen molar-refractivity contribution in [1.29, 1.82) is 0 Å². The summed E-state index contributed by atoms with van der Waals surface area (Å²) in [6, 6.07) is 12.7. The smallest absolute Gasteiger partial charge is 0.251 e. The van der Waals surface area contributed by atoms with E-state index in [0.717, 1.165) is 22.2 Å². The minimum absolute atomic E-state index is 0.169. The minimum Gasteiger partial charge on any atom is -0.497 e. The molecular formula is C23H17ClN6O3. The zero-order valence-electron chi connectivity index (χ0n) is 17.4. The van der Waals surface area contributed by atoms with Gasteiger partial charge in [-0.15, -0.1) is 10.2 Å². The molecule has 0 saturated heterocycles. The minimum atomic E-state index is -0.630. The van der Waals surface area contributed by atoms with Crippen LogP contribution < -0.4 is 15.2 Å². The van der Waals surface area contributed by atoms with Gasteiger partial charge < -0.3 is 15.2 Å². The van der Waals surface area contributed by atoms with Crippen LogP contribution in [0, 0.1) is 0 Å². The second-order valence-corrected chi connectivity index (χ2v) is 7.56. The van der Waals surface area contributed by atoms with Gasteiger partial charge in [0.15, 0.2) is 11.5 Å². The predicted molar refractivity (Wildman–Crippen MR) is 122 cm³/mol. The Hall–Kier alpha value is -4.24. The van der Waals surface area contributed by atoms with E-state index in [4.69, 9.17) is 26.8 Å². The topological polar surface area (TPSA) is 118 Å². The van der Waals surface area contributed by atoms with E-state index in [1.807, 2.05) is 40.9 Å². The number of hydrogen-bond acceptors (Lipinski definition) is 7. The molecular weight excluding hydrogens is 444 g/mol. The first-order valence-corrected chi connectivity index (χ1v) is 10.3. The fraction of sp³-hybridized carbons (Fsp3) is 0.0870. The lowest BCUT2D eigenvalue weighted by Gasteiger charge is -2.09. The van der Waals surface area contributed by atoms with E-state index in [1.165, 1.54) is 6.20 Å². The molecule has 0 aliphatic heterocycles. The quantitative estimate of drug-likeness (QED) is 0.410. The van der Waals surface area contributed by atoms with Crippen LogP contribution in [0.15, 0.2) is 61.1 Å². The fourth-order valence-electron chi connectivity index (χ4n) is 3.45. The van der Waals surface area contributed by atoms with Gasteiger partial charge in [0.25, 0.3) is 5.91 Å². The lowest BCUT2D eigenvalue weighted by atomic mass is 10.1. The van der Waals surface area contributed by atoms with E-state index in [0.29, 0.717) is 22.9 Å². The molecule has 4 heterocycles. The Morgan fingerprint density at radius 2 is 2.00 bits per heavy atom. The van der Waals surface area contributed by atoms with Crippen LogP contribution in [-0.2, 0) is 6.61 Å². The van der Waals surface area contributed by atoms with Crippen molar-refractivity contribution in [3.8, 4) is 22.8 Å². The molecule has 10 heteroatoms. The maximum atomic E-state index is 11.4. The van der Waals surface area contributed by atoms with Gasteiger partial charge in [-0.2, -0.15) is 0 Å². The third-order valence-corrected chi connectivity index (χ3v) is 5.47. The van der Waals surface area contributed by atoms with Crippen LogP contribution in [0.3, 0.4) is 0 Å². The van der Waals surface area contributed by atoms with Gasteiger partial charge in [0.1, 0.15) is 18.1 Å². The molecule has 0 spiro atoms. The number of halogens is 1. The molecule has 5 rings (SSSR count). The summed E-state index contributed by atoms with van der Waals surface area (Å²) in [7, 11) is 1.61. The van der Waals surface area contributed by atoms with Gasteiger partial charge in [-0.25, -0.2) is 0 Å². The van der Waals surface area contributed by atoms with Gasteiger partial charge in [-0.3, -0.25) is 19.2 Å². The number of nitrogens with zero attached hydrogens (tertiary/aromatic N) is 5. The number of nitrogens with two attached hydrogens (primary N) is 1. The second-order valence-electron chi connectivity index (χ2n) is 7.16. The zero-order chi connectivity index (χ0) is 22.9. The summed E-state index contributed by atoms with van der Waals surface area (Å²) in [4.78, 5) is 20.1. The summed E-state index contributed by atoms with van der Waals surface area (Å²) in [5, 5.41) is 9.55. The van der Waals surface area contributed by atoms with Crippen molar-refractivity contribution in [2.24, 2.45) is 5.73 Å². The Morgan fingerprint density at radius 1 is 1.12 bits per heavy atom. The monoisotopic (exact) mass is 460 g/mol. The standard InChI is InChI=1S/C23H17ClN6O3/c1-32-14-3-4-15-19(8-14)26-7-6-20(15)33-12-22-29-28-21-5-2-13(11-30(21)22)18-9-17(24)16(10-27-18)23(25)31/h2-11H,12H2,1H3,(H2,25,31). The maximum absolute atomic E-state index is 11.4. The summed E-state index contributed by atoms with van der Waals surface area (Å²) >= 11 is 6.18. The second kappa shape index (κ2) is 8.36. The highest BCUT2D eigenvalue weighted by molar-refractivity contribution is 6.34. The number of ether oxygens (including phenoxy) is 2.